The number of nitrogens with one attached hydrogen (secondary N) is 3. The molecule has 2 saturated heterocycles. The van der Waals surface area contributed by atoms with E-state index in [1.54, 1.807) is 42.6 Å². The molecule has 3 heterocycles. The van der Waals surface area contributed by atoms with Crippen LogP contribution in [0.2, 0.25) is 0 Å². The number of nitrogens with two attached hydrogens (primary N) is 1. The van der Waals surface area contributed by atoms with E-state index in [0.29, 0.717) is 48.7 Å². The van der Waals surface area contributed by atoms with Crippen LogP contribution < -0.4 is 11.1 Å². The fourth-order valence-corrected chi connectivity index (χ4v) is 6.76. The molecule has 0 radical (unpaired) electrons. The number of hydrogen-bond donors (Lipinski definition) is 4. The number of rotatable bonds is 7. The largest absolute Gasteiger partial charge is 0.453 e. The fraction of sp³-hybridized carbons (Fsp3) is 0.379. The number of anilines is 1. The molecule has 0 saturated carbocycles. The molecule has 0 spiro atoms. The molecule has 0 aliphatic carbocycles. The monoisotopic (exact) mass is 593 g/mol. The Morgan fingerprint density at radius 3 is 2.29 bits per heavy atom. The summed E-state index contributed by atoms with van der Waals surface area (Å²) in [5, 5.41) is 10.3. The van der Waals surface area contributed by atoms with Crippen molar-refractivity contribution in [3.8, 4) is 11.3 Å². The molecule has 2 aliphatic heterocycles. The number of amides is 2. The number of sulfonamides is 1. The first-order chi connectivity index (χ1) is 20.0. The Hall–Kier alpha value is -4.23. The summed E-state index contributed by atoms with van der Waals surface area (Å²) >= 11 is 0. The van der Waals surface area contributed by atoms with Crippen LogP contribution in [0, 0.1) is 17.2 Å². The van der Waals surface area contributed by atoms with Gasteiger partial charge in [-0.2, -0.15) is 0 Å². The lowest BCUT2D eigenvalue weighted by Gasteiger charge is -2.33. The molecule has 12 nitrogen and oxygen atoms in total. The number of aromatic nitrogens is 2. The summed E-state index contributed by atoms with van der Waals surface area (Å²) in [6.07, 6.45) is 4.62. The van der Waals surface area contributed by atoms with Crippen molar-refractivity contribution in [2.24, 2.45) is 17.6 Å². The lowest BCUT2D eigenvalue weighted by Crippen LogP contribution is -2.40. The summed E-state index contributed by atoms with van der Waals surface area (Å²) in [6, 6.07) is 13.7. The van der Waals surface area contributed by atoms with Gasteiger partial charge in [-0.15, -0.1) is 0 Å². The molecule has 2 fully saturated rings. The summed E-state index contributed by atoms with van der Waals surface area (Å²) in [5.41, 5.74) is 8.87. The number of aromatic amines is 1. The first kappa shape index (κ1) is 29.3. The molecule has 3 aromatic rings. The third kappa shape index (κ3) is 6.31. The van der Waals surface area contributed by atoms with Crippen molar-refractivity contribution in [2.75, 3.05) is 38.3 Å². The van der Waals surface area contributed by atoms with Crippen molar-refractivity contribution in [1.82, 2.24) is 19.2 Å². The van der Waals surface area contributed by atoms with E-state index in [4.69, 9.17) is 11.1 Å². The number of carbonyl (C=O) groups excluding carboxylic acids is 2. The van der Waals surface area contributed by atoms with Gasteiger partial charge in [0.05, 0.1) is 31.3 Å². The second-order valence-electron chi connectivity index (χ2n) is 10.8. The number of nitrogen functional groups attached to an aromatic ring is 1. The Kier molecular flexibility index (Phi) is 8.32. The highest BCUT2D eigenvalue weighted by Gasteiger charge is 2.42. The molecule has 2 amide bonds. The van der Waals surface area contributed by atoms with E-state index in [2.05, 4.69) is 20.0 Å². The van der Waals surface area contributed by atoms with Gasteiger partial charge in [0, 0.05) is 36.4 Å². The van der Waals surface area contributed by atoms with E-state index in [1.165, 1.54) is 17.7 Å². The van der Waals surface area contributed by atoms with Crippen molar-refractivity contribution >= 4 is 33.5 Å². The number of amidine groups is 1. The number of ether oxygens (including phenoxy) is 1. The van der Waals surface area contributed by atoms with Crippen LogP contribution in [0.4, 0.5) is 10.5 Å². The minimum Gasteiger partial charge on any atom is -0.453 e. The molecule has 42 heavy (non-hydrogen) atoms. The lowest BCUT2D eigenvalue weighted by molar-refractivity contribution is 0.0720. The number of piperidine rings is 1. The van der Waals surface area contributed by atoms with Crippen LogP contribution in [-0.4, -0.2) is 78.4 Å². The van der Waals surface area contributed by atoms with Crippen LogP contribution in [0.1, 0.15) is 47.1 Å². The fourth-order valence-electron chi connectivity index (χ4n) is 5.89. The predicted molar refractivity (Wildman–Crippen MR) is 159 cm³/mol. The maximum atomic E-state index is 13.8. The normalized spacial score (nSPS) is 19.9. The van der Waals surface area contributed by atoms with E-state index in [9.17, 15) is 18.0 Å². The van der Waals surface area contributed by atoms with Gasteiger partial charge in [0.25, 0.3) is 5.91 Å². The van der Waals surface area contributed by atoms with E-state index < -0.39 is 16.1 Å². The van der Waals surface area contributed by atoms with E-state index in [-0.39, 0.29) is 29.6 Å². The van der Waals surface area contributed by atoms with Gasteiger partial charge < -0.3 is 20.4 Å². The molecular formula is C29H35N7O5S. The van der Waals surface area contributed by atoms with E-state index in [1.807, 2.05) is 17.0 Å². The number of H-pyrrole nitrogens is 1. The summed E-state index contributed by atoms with van der Waals surface area (Å²) < 4.78 is 30.2. The Bertz CT molecular complexity index is 1560. The van der Waals surface area contributed by atoms with Crippen LogP contribution >= 0.6 is 0 Å². The van der Waals surface area contributed by atoms with E-state index in [0.717, 1.165) is 24.1 Å². The second-order valence-corrected chi connectivity index (χ2v) is 12.8. The standard InChI is InChI=1S/C29H35N7O5S/c1-41-29(38)33-23-9-7-19(8-10-23)24-16-32-27(34-24)25-15-22(18-11-13-35(14-12-18)42(2,39)40)17-36(25)28(37)21-5-3-20(4-6-21)26(30)31/h3-10,16,18,22,25H,11-15,17H2,1-2H3,(H3,30,31)(H,32,34)(H,33,38)/t22?,25-/m0/s1. The maximum Gasteiger partial charge on any atom is 0.411 e. The molecule has 0 bridgehead atoms. The number of benzene rings is 2. The molecule has 2 aliphatic rings. The molecule has 1 aromatic heterocycles. The topological polar surface area (TPSA) is 175 Å². The Morgan fingerprint density at radius 2 is 1.69 bits per heavy atom. The van der Waals surface area contributed by atoms with E-state index >= 15 is 0 Å². The Balaban J connectivity index is 1.38. The molecule has 1 unspecified atom stereocenters. The van der Waals surface area contributed by atoms with Gasteiger partial charge in [-0.1, -0.05) is 24.3 Å². The van der Waals surface area contributed by atoms with Crippen LogP contribution in [0.5, 0.6) is 0 Å². The molecule has 5 N–H and O–H groups in total. The quantitative estimate of drug-likeness (QED) is 0.240. The van der Waals surface area contributed by atoms with Crippen molar-refractivity contribution in [3.05, 3.63) is 71.7 Å². The minimum atomic E-state index is -3.23. The van der Waals surface area contributed by atoms with Gasteiger partial charge in [0.2, 0.25) is 10.0 Å². The SMILES string of the molecule is COC(=O)Nc1ccc(-c2cnc([C@@H]3CC(C4CCN(S(C)(=O)=O)CC4)CN3C(=O)c3ccc(C(=N)N)cc3)[nH]2)cc1. The maximum absolute atomic E-state index is 13.8. The summed E-state index contributed by atoms with van der Waals surface area (Å²) in [6.45, 7) is 1.50. The van der Waals surface area contributed by atoms with Gasteiger partial charge in [-0.3, -0.25) is 15.5 Å². The van der Waals surface area contributed by atoms with Gasteiger partial charge >= 0.3 is 6.09 Å². The number of nitrogens with zero attached hydrogens (tertiary/aromatic N) is 3. The molecule has 13 heteroatoms. The highest BCUT2D eigenvalue weighted by Crippen LogP contribution is 2.42. The zero-order valence-electron chi connectivity index (χ0n) is 23.5. The molecule has 222 valence electrons. The summed E-state index contributed by atoms with van der Waals surface area (Å²) in [4.78, 5) is 35.2. The van der Waals surface area contributed by atoms with Gasteiger partial charge in [0.15, 0.2) is 0 Å². The lowest BCUT2D eigenvalue weighted by atomic mass is 9.83. The van der Waals surface area contributed by atoms with Crippen LogP contribution in [0.25, 0.3) is 11.3 Å². The van der Waals surface area contributed by atoms with Gasteiger partial charge in [0.1, 0.15) is 11.7 Å². The highest BCUT2D eigenvalue weighted by molar-refractivity contribution is 7.88. The Morgan fingerprint density at radius 1 is 1.05 bits per heavy atom. The first-order valence-corrected chi connectivity index (χ1v) is 15.6. The smallest absolute Gasteiger partial charge is 0.411 e. The number of hydrogen-bond acceptors (Lipinski definition) is 7. The predicted octanol–water partition coefficient (Wildman–Crippen LogP) is 3.41. The number of imidazole rings is 1. The highest BCUT2D eigenvalue weighted by atomic mass is 32.2. The summed E-state index contributed by atoms with van der Waals surface area (Å²) in [7, 11) is -1.92. The number of methoxy groups -OCH3 is 1. The molecular weight excluding hydrogens is 558 g/mol. The number of likely N-dealkylation sites (tertiary alicyclic amines) is 1. The third-order valence-electron chi connectivity index (χ3n) is 8.21. The number of carbonyl (C=O) groups is 2. The third-order valence-corrected chi connectivity index (χ3v) is 9.51. The van der Waals surface area contributed by atoms with Crippen LogP contribution in [0.15, 0.2) is 54.7 Å². The molecule has 2 atom stereocenters. The van der Waals surface area contributed by atoms with Crippen molar-refractivity contribution in [2.45, 2.75) is 25.3 Å². The van der Waals surface area contributed by atoms with Gasteiger partial charge in [-0.05, 0) is 60.9 Å². The average molecular weight is 594 g/mol. The van der Waals surface area contributed by atoms with Crippen molar-refractivity contribution < 1.29 is 22.7 Å². The molecule has 2 aromatic carbocycles. The zero-order chi connectivity index (χ0) is 30.0. The minimum absolute atomic E-state index is 0.0641. The summed E-state index contributed by atoms with van der Waals surface area (Å²) in [5.74, 6) is 0.946. The van der Waals surface area contributed by atoms with Crippen LogP contribution in [-0.2, 0) is 14.8 Å². The van der Waals surface area contributed by atoms with Crippen LogP contribution in [0.3, 0.4) is 0 Å². The van der Waals surface area contributed by atoms with Crippen molar-refractivity contribution in [1.29, 1.82) is 5.41 Å². The Labute approximate surface area is 244 Å². The van der Waals surface area contributed by atoms with Gasteiger partial charge in [-0.25, -0.2) is 22.5 Å². The first-order valence-electron chi connectivity index (χ1n) is 13.7. The average Bonchev–Trinajstić information content (AvgIpc) is 3.65. The molecule has 5 rings (SSSR count). The van der Waals surface area contributed by atoms with Crippen molar-refractivity contribution in [3.63, 3.8) is 0 Å². The zero-order valence-corrected chi connectivity index (χ0v) is 24.4. The second kappa shape index (κ2) is 11.9.